The van der Waals surface area contributed by atoms with E-state index in [4.69, 9.17) is 4.74 Å². The molecule has 8 heteroatoms. The van der Waals surface area contributed by atoms with Gasteiger partial charge in [0.2, 0.25) is 5.91 Å². The third-order valence-electron chi connectivity index (χ3n) is 3.61. The number of guanidine groups is 1. The second-order valence-electron chi connectivity index (χ2n) is 5.13. The number of thiophene rings is 1. The number of methoxy groups -OCH3 is 1. The van der Waals surface area contributed by atoms with Crippen molar-refractivity contribution >= 4 is 47.2 Å². The summed E-state index contributed by atoms with van der Waals surface area (Å²) in [5.41, 5.74) is 1.28. The van der Waals surface area contributed by atoms with E-state index >= 15 is 0 Å². The van der Waals surface area contributed by atoms with Gasteiger partial charge in [0.15, 0.2) is 5.96 Å². The second-order valence-corrected chi connectivity index (χ2v) is 6.13. The highest BCUT2D eigenvalue weighted by Crippen LogP contribution is 2.23. The summed E-state index contributed by atoms with van der Waals surface area (Å²) in [5.74, 6) is 0.759. The lowest BCUT2D eigenvalue weighted by molar-refractivity contribution is -0.130. The minimum atomic E-state index is 0. The number of amides is 1. The van der Waals surface area contributed by atoms with E-state index in [0.29, 0.717) is 12.6 Å². The highest BCUT2D eigenvalue weighted by molar-refractivity contribution is 14.0. The molecule has 6 nitrogen and oxygen atoms in total. The number of rotatable bonds is 6. The van der Waals surface area contributed by atoms with Gasteiger partial charge in [0.05, 0.1) is 6.54 Å². The molecule has 2 rings (SSSR count). The molecular formula is C15H25IN4O2S. The maximum absolute atomic E-state index is 12.3. The first-order valence-corrected chi connectivity index (χ1v) is 8.39. The number of ether oxygens (including phenoxy) is 1. The first kappa shape index (κ1) is 20.2. The van der Waals surface area contributed by atoms with E-state index in [2.05, 4.69) is 27.1 Å². The minimum Gasteiger partial charge on any atom is -0.385 e. The zero-order valence-electron chi connectivity index (χ0n) is 13.6. The van der Waals surface area contributed by atoms with Crippen LogP contribution in [0.25, 0.3) is 0 Å². The number of nitrogens with zero attached hydrogens (tertiary/aromatic N) is 2. The van der Waals surface area contributed by atoms with E-state index in [0.717, 1.165) is 32.5 Å². The van der Waals surface area contributed by atoms with Crippen LogP contribution in [0.5, 0.6) is 0 Å². The summed E-state index contributed by atoms with van der Waals surface area (Å²) < 4.78 is 5.00. The molecule has 1 aromatic rings. The fourth-order valence-electron chi connectivity index (χ4n) is 2.38. The van der Waals surface area contributed by atoms with Crippen molar-refractivity contribution < 1.29 is 9.53 Å². The number of nitrogens with one attached hydrogen (secondary N) is 2. The number of halogens is 1. The van der Waals surface area contributed by atoms with E-state index in [1.54, 1.807) is 25.5 Å². The van der Waals surface area contributed by atoms with Gasteiger partial charge < -0.3 is 20.3 Å². The molecule has 0 radical (unpaired) electrons. The van der Waals surface area contributed by atoms with Crippen molar-refractivity contribution in [3.63, 3.8) is 0 Å². The van der Waals surface area contributed by atoms with Crippen LogP contribution in [0.15, 0.2) is 16.4 Å². The fourth-order valence-corrected chi connectivity index (χ4v) is 3.27. The normalized spacial score (nSPS) is 14.0. The molecule has 0 atom stereocenters. The Balaban J connectivity index is 0.00000264. The zero-order chi connectivity index (χ0) is 15.8. The van der Waals surface area contributed by atoms with Crippen LogP contribution in [0, 0.1) is 0 Å². The fraction of sp³-hybridized carbons (Fsp3) is 0.600. The molecule has 2 N–H and O–H groups in total. The Labute approximate surface area is 158 Å². The van der Waals surface area contributed by atoms with Crippen LogP contribution in [0.3, 0.4) is 0 Å². The van der Waals surface area contributed by atoms with Crippen molar-refractivity contribution in [2.45, 2.75) is 19.4 Å². The number of aliphatic imine (C=N–C) groups is 1. The van der Waals surface area contributed by atoms with Gasteiger partial charge in [-0.15, -0.1) is 35.3 Å². The molecule has 130 valence electrons. The number of carbonyl (C=O) groups excluding carboxylic acids is 1. The summed E-state index contributed by atoms with van der Waals surface area (Å²) in [7, 11) is 3.39. The standard InChI is InChI=1S/C15H24N4O2S.HI/c1-16-15(17-6-3-8-21-2)18-10-14(20)19-7-4-13-12(11-19)5-9-22-13;/h5,9H,3-4,6-8,10-11H2,1-2H3,(H2,16,17,18);1H. The molecule has 0 unspecified atom stereocenters. The Hall–Kier alpha value is -0.870. The first-order valence-electron chi connectivity index (χ1n) is 7.51. The Morgan fingerprint density at radius 1 is 1.48 bits per heavy atom. The Kier molecular flexibility index (Phi) is 9.49. The predicted octanol–water partition coefficient (Wildman–Crippen LogP) is 1.45. The van der Waals surface area contributed by atoms with Crippen LogP contribution >= 0.6 is 35.3 Å². The molecule has 0 bridgehead atoms. The topological polar surface area (TPSA) is 66.0 Å². The van der Waals surface area contributed by atoms with Gasteiger partial charge in [-0.3, -0.25) is 9.79 Å². The smallest absolute Gasteiger partial charge is 0.242 e. The molecule has 0 saturated carbocycles. The molecule has 1 aromatic heterocycles. The van der Waals surface area contributed by atoms with Gasteiger partial charge in [-0.25, -0.2) is 0 Å². The molecule has 2 heterocycles. The van der Waals surface area contributed by atoms with Gasteiger partial charge in [0, 0.05) is 45.3 Å². The monoisotopic (exact) mass is 452 g/mol. The molecule has 23 heavy (non-hydrogen) atoms. The summed E-state index contributed by atoms with van der Waals surface area (Å²) in [4.78, 5) is 19.7. The second kappa shape index (κ2) is 10.8. The number of hydrogen-bond donors (Lipinski definition) is 2. The molecular weight excluding hydrogens is 427 g/mol. The lowest BCUT2D eigenvalue weighted by Gasteiger charge is -2.27. The van der Waals surface area contributed by atoms with Crippen LogP contribution in [-0.4, -0.2) is 57.2 Å². The minimum absolute atomic E-state index is 0. The third-order valence-corrected chi connectivity index (χ3v) is 4.63. The molecule has 0 saturated heterocycles. The van der Waals surface area contributed by atoms with Gasteiger partial charge in [0.1, 0.15) is 0 Å². The van der Waals surface area contributed by atoms with Crippen molar-refractivity contribution in [2.24, 2.45) is 4.99 Å². The number of carbonyl (C=O) groups is 1. The highest BCUT2D eigenvalue weighted by atomic mass is 127. The summed E-state index contributed by atoms with van der Waals surface area (Å²) in [5, 5.41) is 8.33. The SMILES string of the molecule is CN=C(NCCCOC)NCC(=O)N1CCc2sccc2C1.I. The van der Waals surface area contributed by atoms with E-state index in [9.17, 15) is 4.79 Å². The average Bonchev–Trinajstić information content (AvgIpc) is 3.01. The molecule has 0 aromatic carbocycles. The molecule has 1 amide bonds. The van der Waals surface area contributed by atoms with Crippen molar-refractivity contribution in [3.8, 4) is 0 Å². The lowest BCUT2D eigenvalue weighted by Crippen LogP contribution is -2.46. The van der Waals surface area contributed by atoms with E-state index in [-0.39, 0.29) is 36.4 Å². The quantitative estimate of drug-likeness (QED) is 0.297. The van der Waals surface area contributed by atoms with Gasteiger partial charge in [-0.1, -0.05) is 0 Å². The number of fused-ring (bicyclic) bond motifs is 1. The largest absolute Gasteiger partial charge is 0.385 e. The van der Waals surface area contributed by atoms with E-state index < -0.39 is 0 Å². The van der Waals surface area contributed by atoms with Gasteiger partial charge in [-0.2, -0.15) is 0 Å². The molecule has 1 aliphatic heterocycles. The van der Waals surface area contributed by atoms with Crippen molar-refractivity contribution in [3.05, 3.63) is 21.9 Å². The maximum atomic E-state index is 12.3. The van der Waals surface area contributed by atoms with Gasteiger partial charge in [-0.05, 0) is 29.9 Å². The lowest BCUT2D eigenvalue weighted by atomic mass is 10.1. The van der Waals surface area contributed by atoms with Crippen LogP contribution < -0.4 is 10.6 Å². The first-order chi connectivity index (χ1) is 10.7. The van der Waals surface area contributed by atoms with Crippen LogP contribution in [-0.2, 0) is 22.5 Å². The van der Waals surface area contributed by atoms with E-state index in [1.165, 1.54) is 10.4 Å². The summed E-state index contributed by atoms with van der Waals surface area (Å²) in [6.07, 6.45) is 1.86. The molecule has 0 fully saturated rings. The van der Waals surface area contributed by atoms with Crippen molar-refractivity contribution in [1.29, 1.82) is 0 Å². The maximum Gasteiger partial charge on any atom is 0.242 e. The van der Waals surface area contributed by atoms with Gasteiger partial charge in [0.25, 0.3) is 0 Å². The van der Waals surface area contributed by atoms with Crippen LogP contribution in [0.4, 0.5) is 0 Å². The average molecular weight is 452 g/mol. The number of hydrogen-bond acceptors (Lipinski definition) is 4. The summed E-state index contributed by atoms with van der Waals surface area (Å²) in [6, 6.07) is 2.11. The van der Waals surface area contributed by atoms with Crippen molar-refractivity contribution in [2.75, 3.05) is 40.4 Å². The Bertz CT molecular complexity index is 521. The third kappa shape index (κ3) is 6.27. The predicted molar refractivity (Wildman–Crippen MR) is 105 cm³/mol. The van der Waals surface area contributed by atoms with Crippen LogP contribution in [0.2, 0.25) is 0 Å². The zero-order valence-corrected chi connectivity index (χ0v) is 16.8. The molecule has 0 spiro atoms. The Morgan fingerprint density at radius 2 is 2.30 bits per heavy atom. The van der Waals surface area contributed by atoms with Crippen LogP contribution in [0.1, 0.15) is 16.9 Å². The van der Waals surface area contributed by atoms with Crippen molar-refractivity contribution in [1.82, 2.24) is 15.5 Å². The summed E-state index contributed by atoms with van der Waals surface area (Å²) in [6.45, 7) is 3.26. The molecule has 0 aliphatic carbocycles. The highest BCUT2D eigenvalue weighted by Gasteiger charge is 2.21. The van der Waals surface area contributed by atoms with Gasteiger partial charge >= 0.3 is 0 Å². The van der Waals surface area contributed by atoms with E-state index in [1.807, 2.05) is 4.90 Å². The Morgan fingerprint density at radius 3 is 3.04 bits per heavy atom. The summed E-state index contributed by atoms with van der Waals surface area (Å²) >= 11 is 1.78. The molecule has 1 aliphatic rings.